The second-order valence-electron chi connectivity index (χ2n) is 27.8. The number of aliphatic carboxylic acids is 1. The number of anilines is 2. The van der Waals surface area contributed by atoms with E-state index in [1.807, 2.05) is 87.1 Å². The first-order valence-electron chi connectivity index (χ1n) is 31.4. The molecule has 12 aliphatic carbocycles. The number of amides is 2. The Morgan fingerprint density at radius 2 is 0.990 bits per heavy atom. The van der Waals surface area contributed by atoms with Crippen molar-refractivity contribution in [1.82, 2.24) is 23.8 Å². The predicted molar refractivity (Wildman–Crippen MR) is 366 cm³/mol. The first-order valence-corrected chi connectivity index (χ1v) is 34.1. The summed E-state index contributed by atoms with van der Waals surface area (Å²) < 4.78 is 33.2. The van der Waals surface area contributed by atoms with Crippen molar-refractivity contribution < 1.29 is 48.0 Å². The molecule has 12 saturated carbocycles. The Morgan fingerprint density at radius 3 is 1.42 bits per heavy atom. The van der Waals surface area contributed by atoms with E-state index >= 15 is 0 Å². The van der Waals surface area contributed by atoms with Crippen LogP contribution in [0.25, 0.3) is 11.3 Å². The number of methoxy groups -OCH3 is 2. The molecule has 19 rings (SSSR count). The molecule has 0 spiro atoms. The molecule has 0 saturated heterocycles. The molecule has 7 aromatic rings. The number of carboxylic acids is 1. The highest BCUT2D eigenvalue weighted by Crippen LogP contribution is 2.75. The summed E-state index contributed by atoms with van der Waals surface area (Å²) >= 11 is 10.0. The third-order valence-electron chi connectivity index (χ3n) is 19.3. The number of carbonyl (C=O) groups is 4. The molecule has 0 aliphatic heterocycles. The number of alkyl halides is 1. The molecule has 5 aromatic heterocycles. The lowest BCUT2D eigenvalue weighted by Gasteiger charge is -2.66. The quantitative estimate of drug-likeness (QED) is 0.0653. The maximum absolute atomic E-state index is 13.0. The van der Waals surface area contributed by atoms with Crippen molar-refractivity contribution in [3.63, 3.8) is 0 Å². The van der Waals surface area contributed by atoms with Crippen LogP contribution in [0.2, 0.25) is 0 Å². The first-order chi connectivity index (χ1) is 45.5. The molecular weight excluding hydrogens is 1420 g/mol. The van der Waals surface area contributed by atoms with Crippen LogP contribution in [-0.2, 0) is 20.4 Å². The number of hydrogen-bond acceptors (Lipinski definition) is 17. The highest BCUT2D eigenvalue weighted by Gasteiger charge is 2.74. The number of Topliss-reactive ketones (excluding diaryl/α,β-unsaturated/α-hetero) is 1. The van der Waals surface area contributed by atoms with Crippen LogP contribution in [0.3, 0.4) is 0 Å². The van der Waals surface area contributed by atoms with E-state index in [9.17, 15) is 24.4 Å². The van der Waals surface area contributed by atoms with Gasteiger partial charge in [-0.2, -0.15) is 21.0 Å². The molecule has 22 nitrogen and oxygen atoms in total. The molecule has 0 radical (unpaired) electrons. The van der Waals surface area contributed by atoms with Gasteiger partial charge in [-0.15, -0.1) is 0 Å². The number of aromatic nitrogens is 5. The van der Waals surface area contributed by atoms with E-state index in [1.165, 1.54) is 7.11 Å². The largest absolute Gasteiger partial charge is 0.496 e. The zero-order valence-corrected chi connectivity index (χ0v) is 59.4. The van der Waals surface area contributed by atoms with Crippen LogP contribution < -0.4 is 40.5 Å². The standard InChI is InChI=1S/C24H24N4O3.C16H16BrN3O.C8H11BrN2O.C8H8BrNO.C8H9NO2.C7H7NO2/c1-15(2)31-19-8-21-27-20(24-11-23(12-24,13-24)14-25)10-28(21)9-17(19)26-22(29)16-6-4-5-7-18(16)30-3;1-10(2)21-12-3-14-19-13(5-20(14)4-11(12)17)16-6-15(7-16,8-16)9-18;1-5(2)12-7-3-8(10)11-4-6(7)9;9-1-6(11)8-2-7(3-8,4-8)5-10;1-11-7-5-3-2-4-6(7)8(9)10;8-4-6-1-7(2-6,3-6)5(9)10/h4-10,15H,11-13H2,1-3H3,(H,26,29);3-5,10H,6-8H2,1-2H3;3-5H,1-2H3,(H2,10,11);1-4H2;2-5H,1H3,(H2,9,10);1-3H2,(H,9,10). The topological polar surface area (TPSA) is 341 Å². The Hall–Kier alpha value is -8.75. The number of ketones is 1. The lowest BCUT2D eigenvalue weighted by Crippen LogP contribution is -2.64. The van der Waals surface area contributed by atoms with Gasteiger partial charge in [-0.3, -0.25) is 19.2 Å². The summed E-state index contributed by atoms with van der Waals surface area (Å²) in [7, 11) is 3.04. The number of para-hydroxylation sites is 2. The van der Waals surface area contributed by atoms with Gasteiger partial charge in [0, 0.05) is 65.4 Å². The van der Waals surface area contributed by atoms with E-state index in [0.29, 0.717) is 64.5 Å². The van der Waals surface area contributed by atoms with Crippen molar-refractivity contribution in [1.29, 1.82) is 21.0 Å². The Bertz CT molecular complexity index is 4320. The van der Waals surface area contributed by atoms with E-state index in [1.54, 1.807) is 61.8 Å². The average Bonchev–Trinajstić information content (AvgIpc) is 1.05. The first kappa shape index (κ1) is 70.1. The van der Waals surface area contributed by atoms with Gasteiger partial charge >= 0.3 is 5.97 Å². The minimum Gasteiger partial charge on any atom is -0.496 e. The summed E-state index contributed by atoms with van der Waals surface area (Å²) in [5, 5.41) is 47.7. The van der Waals surface area contributed by atoms with Crippen molar-refractivity contribution in [2.75, 3.05) is 30.6 Å². The van der Waals surface area contributed by atoms with Crippen LogP contribution in [0.1, 0.15) is 151 Å². The number of carbonyl (C=O) groups excluding carboxylic acids is 3. The number of halogens is 3. The Kier molecular flexibility index (Phi) is 19.5. The maximum atomic E-state index is 13.0. The molecule has 2 amide bonds. The summed E-state index contributed by atoms with van der Waals surface area (Å²) in [5.74, 6) is 2.43. The Labute approximate surface area is 582 Å². The molecule has 0 atom stereocenters. The predicted octanol–water partition coefficient (Wildman–Crippen LogP) is 13.6. The smallest absolute Gasteiger partial charge is 0.309 e. The third-order valence-corrected chi connectivity index (χ3v) is 21.0. The molecule has 25 heteroatoms. The van der Waals surface area contributed by atoms with Gasteiger partial charge < -0.3 is 54.4 Å². The van der Waals surface area contributed by atoms with Gasteiger partial charge in [0.25, 0.3) is 11.8 Å². The van der Waals surface area contributed by atoms with E-state index in [-0.39, 0.29) is 67.9 Å². The molecular formula is C71H75Br3N12O10. The maximum Gasteiger partial charge on any atom is 0.309 e. The average molecular weight is 1500 g/mol. The number of nitriles is 4. The van der Waals surface area contributed by atoms with Crippen LogP contribution in [-0.4, -0.2) is 90.3 Å². The molecule has 6 N–H and O–H groups in total. The van der Waals surface area contributed by atoms with Crippen LogP contribution in [0, 0.1) is 77.8 Å². The normalized spacial score (nSPS) is 26.7. The monoisotopic (exact) mass is 1490 g/mol. The number of imidazole rings is 2. The number of pyridine rings is 3. The number of carboxylic acid groups (broad SMARTS) is 1. The van der Waals surface area contributed by atoms with Gasteiger partial charge in [-0.25, -0.2) is 15.0 Å². The number of nitrogens with two attached hydrogens (primary N) is 2. The minimum atomic E-state index is -0.718. The van der Waals surface area contributed by atoms with Crippen LogP contribution in [0.15, 0.2) is 107 Å². The van der Waals surface area contributed by atoms with E-state index < -0.39 is 17.3 Å². The molecule has 12 aliphatic rings. The summed E-state index contributed by atoms with van der Waals surface area (Å²) in [6.07, 6.45) is 19.6. The fourth-order valence-electron chi connectivity index (χ4n) is 14.8. The fraction of sp³-hybridized carbons (Fsp3) is 0.451. The number of fused-ring (bicyclic) bond motifs is 2. The molecule has 5 heterocycles. The van der Waals surface area contributed by atoms with Crippen molar-refractivity contribution in [2.45, 2.75) is 148 Å². The molecule has 8 bridgehead atoms. The van der Waals surface area contributed by atoms with Crippen molar-refractivity contribution in [3.8, 4) is 53.0 Å². The number of rotatable bonds is 16. The minimum absolute atomic E-state index is 0.0294. The summed E-state index contributed by atoms with van der Waals surface area (Å²) in [6.45, 7) is 11.8. The molecule has 500 valence electrons. The van der Waals surface area contributed by atoms with Crippen LogP contribution in [0.5, 0.6) is 28.7 Å². The van der Waals surface area contributed by atoms with E-state index in [0.717, 1.165) is 101 Å². The molecule has 96 heavy (non-hydrogen) atoms. The van der Waals surface area contributed by atoms with Gasteiger partial charge in [-0.05, 0) is 175 Å². The fourth-order valence-corrected chi connectivity index (χ4v) is 16.1. The number of nitrogen functional groups attached to an aromatic ring is 1. The SMILES string of the molecule is CC(C)Oc1cc(N)ncc1Br.CC(C)Oc1cc2nc(C34CC(C#N)(C3)C4)cn2cc1Br.COc1ccccc1C(=O)Nc1cn2cc(C34CC(C#N)(C3)C4)nc2cc1OC(C)C.COc1ccccc1C(N)=O.N#CC12CC(C(=O)CBr)(C1)C2.N#CC12CC(C(=O)O)(C1)C2. The number of primary amides is 1. The number of hydrogen-bond donors (Lipinski definition) is 4. The number of ether oxygens (including phenoxy) is 5. The zero-order chi connectivity index (χ0) is 69.6. The highest BCUT2D eigenvalue weighted by atomic mass is 79.9. The van der Waals surface area contributed by atoms with Crippen molar-refractivity contribution >= 4 is 94.2 Å². The number of nitrogens with one attached hydrogen (secondary N) is 1. The van der Waals surface area contributed by atoms with Crippen molar-refractivity contribution in [3.05, 3.63) is 129 Å². The Balaban J connectivity index is 0.000000134. The molecule has 0 unspecified atom stereocenters. The lowest BCUT2D eigenvalue weighted by atomic mass is 9.35. The third kappa shape index (κ3) is 13.4. The van der Waals surface area contributed by atoms with Crippen LogP contribution >= 0.6 is 47.8 Å². The van der Waals surface area contributed by atoms with Crippen molar-refractivity contribution in [2.24, 2.45) is 38.2 Å². The van der Waals surface area contributed by atoms with E-state index in [2.05, 4.69) is 88.6 Å². The second kappa shape index (κ2) is 26.7. The summed E-state index contributed by atoms with van der Waals surface area (Å²) in [6, 6.07) is 28.8. The van der Waals surface area contributed by atoms with Gasteiger partial charge in [0.2, 0.25) is 0 Å². The van der Waals surface area contributed by atoms with Gasteiger partial charge in [0.15, 0.2) is 0 Å². The van der Waals surface area contributed by atoms with Gasteiger partial charge in [-0.1, -0.05) is 40.2 Å². The van der Waals surface area contributed by atoms with Gasteiger partial charge in [0.05, 0.1) is 121 Å². The summed E-state index contributed by atoms with van der Waals surface area (Å²) in [4.78, 5) is 58.9. The van der Waals surface area contributed by atoms with E-state index in [4.69, 9.17) is 66.0 Å². The Morgan fingerprint density at radius 1 is 0.583 bits per heavy atom. The number of benzene rings is 2. The lowest BCUT2D eigenvalue weighted by molar-refractivity contribution is -0.202. The molecule has 12 fully saturated rings. The second-order valence-corrected chi connectivity index (χ2v) is 30.0. The summed E-state index contributed by atoms with van der Waals surface area (Å²) in [5.41, 5.74) is 14.9. The number of nitrogens with zero attached hydrogens (tertiary/aromatic N) is 9. The van der Waals surface area contributed by atoms with Gasteiger partial charge in [0.1, 0.15) is 57.3 Å². The van der Waals surface area contributed by atoms with Crippen LogP contribution in [0.4, 0.5) is 11.5 Å². The highest BCUT2D eigenvalue weighted by molar-refractivity contribution is 9.11. The molecule has 2 aromatic carbocycles. The zero-order valence-electron chi connectivity index (χ0n) is 54.6.